The molecule has 0 aliphatic carbocycles. The predicted molar refractivity (Wildman–Crippen MR) is 115 cm³/mol. The molecule has 0 saturated carbocycles. The average molecular weight is 389 g/mol. The Morgan fingerprint density at radius 3 is 2.45 bits per heavy atom. The first-order chi connectivity index (χ1) is 13.9. The second-order valence-corrected chi connectivity index (χ2v) is 7.61. The highest BCUT2D eigenvalue weighted by Gasteiger charge is 2.15. The number of nitrogens with zero attached hydrogens (tertiary/aromatic N) is 1. The monoisotopic (exact) mass is 389 g/mol. The maximum atomic E-state index is 11.0. The molecule has 4 heteroatoms. The molecule has 150 valence electrons. The van der Waals surface area contributed by atoms with Crippen LogP contribution in [0.2, 0.25) is 0 Å². The second kappa shape index (κ2) is 9.37. The third-order valence-electron chi connectivity index (χ3n) is 4.95. The lowest BCUT2D eigenvalue weighted by Gasteiger charge is -2.17. The first-order valence-corrected chi connectivity index (χ1v) is 9.92. The van der Waals surface area contributed by atoms with Crippen molar-refractivity contribution in [2.45, 2.75) is 46.1 Å². The van der Waals surface area contributed by atoms with Crippen LogP contribution in [0.1, 0.15) is 58.1 Å². The van der Waals surface area contributed by atoms with Crippen LogP contribution < -0.4 is 4.74 Å². The van der Waals surface area contributed by atoms with E-state index < -0.39 is 5.97 Å². The van der Waals surface area contributed by atoms with Crippen molar-refractivity contribution in [2.75, 3.05) is 0 Å². The summed E-state index contributed by atoms with van der Waals surface area (Å²) >= 11 is 0. The highest BCUT2D eigenvalue weighted by Crippen LogP contribution is 2.30. The van der Waals surface area contributed by atoms with Gasteiger partial charge in [0.15, 0.2) is 0 Å². The molecule has 29 heavy (non-hydrogen) atoms. The van der Waals surface area contributed by atoms with Gasteiger partial charge in [0.05, 0.1) is 11.3 Å². The highest BCUT2D eigenvalue weighted by atomic mass is 16.5. The normalized spacial score (nSPS) is 10.9. The Hall–Kier alpha value is -3.14. The van der Waals surface area contributed by atoms with Gasteiger partial charge < -0.3 is 9.84 Å². The Bertz CT molecular complexity index is 978. The van der Waals surface area contributed by atoms with Crippen LogP contribution in [0.25, 0.3) is 0 Å². The van der Waals surface area contributed by atoms with Crippen LogP contribution in [0.5, 0.6) is 5.75 Å². The van der Waals surface area contributed by atoms with Crippen LogP contribution in [0.15, 0.2) is 60.8 Å². The van der Waals surface area contributed by atoms with E-state index in [9.17, 15) is 4.79 Å². The molecule has 3 aromatic rings. The van der Waals surface area contributed by atoms with Gasteiger partial charge >= 0.3 is 5.97 Å². The largest absolute Gasteiger partial charge is 0.487 e. The minimum absolute atomic E-state index is 0.302. The average Bonchev–Trinajstić information content (AvgIpc) is 2.71. The van der Waals surface area contributed by atoms with Gasteiger partial charge in [0.25, 0.3) is 0 Å². The number of hydrogen-bond acceptors (Lipinski definition) is 3. The van der Waals surface area contributed by atoms with Crippen molar-refractivity contribution in [1.29, 1.82) is 0 Å². The molecule has 1 heterocycles. The summed E-state index contributed by atoms with van der Waals surface area (Å²) in [6.07, 6.45) is 3.35. The van der Waals surface area contributed by atoms with E-state index in [2.05, 4.69) is 44.0 Å². The molecule has 0 amide bonds. The van der Waals surface area contributed by atoms with Gasteiger partial charge in [-0.05, 0) is 55.0 Å². The topological polar surface area (TPSA) is 59.4 Å². The van der Waals surface area contributed by atoms with Crippen LogP contribution in [0, 0.1) is 6.92 Å². The fourth-order valence-electron chi connectivity index (χ4n) is 3.34. The van der Waals surface area contributed by atoms with Crippen molar-refractivity contribution in [3.63, 3.8) is 0 Å². The third-order valence-corrected chi connectivity index (χ3v) is 4.95. The number of carbonyl (C=O) groups is 1. The quantitative estimate of drug-likeness (QED) is 0.547. The van der Waals surface area contributed by atoms with Crippen LogP contribution in [0.4, 0.5) is 0 Å². The molecular formula is C25H27NO3. The van der Waals surface area contributed by atoms with Crippen molar-refractivity contribution >= 4 is 5.97 Å². The van der Waals surface area contributed by atoms with Gasteiger partial charge in [-0.2, -0.15) is 0 Å². The fraction of sp³-hybridized carbons (Fsp3) is 0.280. The predicted octanol–water partition coefficient (Wildman–Crippen LogP) is 5.58. The maximum Gasteiger partial charge on any atom is 0.335 e. The van der Waals surface area contributed by atoms with E-state index in [1.807, 2.05) is 30.5 Å². The van der Waals surface area contributed by atoms with Gasteiger partial charge in [-0.3, -0.25) is 4.98 Å². The summed E-state index contributed by atoms with van der Waals surface area (Å²) in [5, 5.41) is 9.05. The number of aromatic carboxylic acids is 1. The number of ether oxygens (including phenoxy) is 1. The standard InChI is InChI=1S/C25H27NO3/c1-17(2)22-13-14-26-23(12-9-19-7-10-21(11-8-19)25(27)28)24(22)29-16-20-6-4-5-18(3)15-20/h4-8,10-11,13-15,17H,9,12,16H2,1-3H3,(H,27,28). The first-order valence-electron chi connectivity index (χ1n) is 9.92. The van der Waals surface area contributed by atoms with Crippen molar-refractivity contribution in [1.82, 2.24) is 4.98 Å². The molecule has 0 unspecified atom stereocenters. The third kappa shape index (κ3) is 5.44. The zero-order valence-electron chi connectivity index (χ0n) is 17.2. The molecule has 0 atom stereocenters. The Balaban J connectivity index is 1.78. The van der Waals surface area contributed by atoms with Gasteiger partial charge in [-0.15, -0.1) is 0 Å². The Morgan fingerprint density at radius 2 is 1.79 bits per heavy atom. The summed E-state index contributed by atoms with van der Waals surface area (Å²) in [6.45, 7) is 6.90. The molecule has 0 saturated heterocycles. The number of pyridine rings is 1. The first kappa shape index (κ1) is 20.6. The zero-order chi connectivity index (χ0) is 20.8. The van der Waals surface area contributed by atoms with E-state index in [0.717, 1.165) is 41.0 Å². The molecule has 4 nitrogen and oxygen atoms in total. The van der Waals surface area contributed by atoms with E-state index in [4.69, 9.17) is 9.84 Å². The van der Waals surface area contributed by atoms with Crippen molar-refractivity contribution in [2.24, 2.45) is 0 Å². The maximum absolute atomic E-state index is 11.0. The molecule has 0 radical (unpaired) electrons. The second-order valence-electron chi connectivity index (χ2n) is 7.61. The summed E-state index contributed by atoms with van der Waals surface area (Å²) in [4.78, 5) is 15.6. The van der Waals surface area contributed by atoms with Gasteiger partial charge in [-0.1, -0.05) is 55.8 Å². The van der Waals surface area contributed by atoms with Crippen molar-refractivity contribution < 1.29 is 14.6 Å². The lowest BCUT2D eigenvalue weighted by molar-refractivity contribution is 0.0697. The summed E-state index contributed by atoms with van der Waals surface area (Å²) in [7, 11) is 0. The summed E-state index contributed by atoms with van der Waals surface area (Å²) in [5.74, 6) is 0.292. The number of hydrogen-bond donors (Lipinski definition) is 1. The Kier molecular flexibility index (Phi) is 6.65. The van der Waals surface area contributed by atoms with E-state index in [1.165, 1.54) is 5.56 Å². The van der Waals surface area contributed by atoms with Gasteiger partial charge in [0.2, 0.25) is 0 Å². The molecule has 0 bridgehead atoms. The van der Waals surface area contributed by atoms with E-state index in [-0.39, 0.29) is 0 Å². The fourth-order valence-corrected chi connectivity index (χ4v) is 3.34. The number of rotatable bonds is 8. The van der Waals surface area contributed by atoms with E-state index >= 15 is 0 Å². The number of carboxylic acid groups (broad SMARTS) is 1. The minimum Gasteiger partial charge on any atom is -0.487 e. The van der Waals surface area contributed by atoms with Crippen molar-refractivity contribution in [3.05, 3.63) is 94.3 Å². The SMILES string of the molecule is Cc1cccc(COc2c(C(C)C)ccnc2CCc2ccc(C(=O)O)cc2)c1. The molecule has 1 N–H and O–H groups in total. The van der Waals surface area contributed by atoms with Gasteiger partial charge in [0, 0.05) is 11.8 Å². The molecule has 1 aromatic heterocycles. The molecule has 0 aliphatic rings. The van der Waals surface area contributed by atoms with Crippen LogP contribution in [-0.2, 0) is 19.4 Å². The van der Waals surface area contributed by atoms with Crippen LogP contribution in [-0.4, -0.2) is 16.1 Å². The Labute approximate surface area is 172 Å². The van der Waals surface area contributed by atoms with E-state index in [1.54, 1.807) is 12.1 Å². The van der Waals surface area contributed by atoms with Gasteiger partial charge in [0.1, 0.15) is 12.4 Å². The molecule has 0 spiro atoms. The molecule has 2 aromatic carbocycles. The Morgan fingerprint density at radius 1 is 1.03 bits per heavy atom. The zero-order valence-corrected chi connectivity index (χ0v) is 17.2. The molecule has 3 rings (SSSR count). The smallest absolute Gasteiger partial charge is 0.335 e. The minimum atomic E-state index is -0.908. The number of benzene rings is 2. The molecular weight excluding hydrogens is 362 g/mol. The van der Waals surface area contributed by atoms with E-state index in [0.29, 0.717) is 18.1 Å². The number of aryl methyl sites for hydroxylation is 3. The van der Waals surface area contributed by atoms with Gasteiger partial charge in [-0.25, -0.2) is 4.79 Å². The summed E-state index contributed by atoms with van der Waals surface area (Å²) in [6, 6.07) is 17.4. The lowest BCUT2D eigenvalue weighted by Crippen LogP contribution is -2.06. The molecule has 0 aliphatic heterocycles. The molecule has 0 fully saturated rings. The van der Waals surface area contributed by atoms with Crippen molar-refractivity contribution in [3.8, 4) is 5.75 Å². The highest BCUT2D eigenvalue weighted by molar-refractivity contribution is 5.87. The lowest BCUT2D eigenvalue weighted by atomic mass is 9.99. The number of carboxylic acids is 1. The summed E-state index contributed by atoms with van der Waals surface area (Å²) in [5.41, 5.74) is 5.83. The number of aromatic nitrogens is 1. The summed E-state index contributed by atoms with van der Waals surface area (Å²) < 4.78 is 6.27. The van der Waals surface area contributed by atoms with Crippen LogP contribution in [0.3, 0.4) is 0 Å². The van der Waals surface area contributed by atoms with Crippen LogP contribution >= 0.6 is 0 Å².